The number of hydrogen-bond donors (Lipinski definition) is 3. The number of amides is 1. The van der Waals surface area contributed by atoms with Gasteiger partial charge in [-0.2, -0.15) is 10.4 Å². The van der Waals surface area contributed by atoms with Gasteiger partial charge in [0, 0.05) is 23.9 Å². The number of carbonyl (C=O) groups excluding carboxylic acids is 1. The van der Waals surface area contributed by atoms with E-state index in [9.17, 15) is 15.0 Å². The molecule has 0 bridgehead atoms. The molecule has 1 aromatic carbocycles. The highest BCUT2D eigenvalue weighted by Gasteiger charge is 2.16. The number of phenols is 2. The van der Waals surface area contributed by atoms with Crippen molar-refractivity contribution >= 4 is 11.6 Å². The average molecular weight is 393 g/mol. The molecule has 0 aliphatic rings. The number of phenolic OH excluding ortho intramolecular Hbond substituents is 2. The van der Waals surface area contributed by atoms with Crippen molar-refractivity contribution in [1.29, 1.82) is 5.26 Å². The average Bonchev–Trinajstić information content (AvgIpc) is 3.07. The summed E-state index contributed by atoms with van der Waals surface area (Å²) in [5.41, 5.74) is 4.37. The molecule has 1 amide bonds. The standard InChI is InChI=1S/C21H23N5O3/c1-12(8-15-4-6-18(27)19(28)9-15)24-20(29)7-5-17-13(2)25-21-16(10-22)11-23-26(21)14(17)3/h4,6,9,11-12,27-28H,5,7-8H2,1-3H3,(H,24,29)/t12-/m0/s1. The Morgan fingerprint density at radius 3 is 2.76 bits per heavy atom. The lowest BCUT2D eigenvalue weighted by Gasteiger charge is -2.15. The number of hydrogen-bond acceptors (Lipinski definition) is 6. The molecule has 2 heterocycles. The Morgan fingerprint density at radius 2 is 2.07 bits per heavy atom. The van der Waals surface area contributed by atoms with Crippen molar-refractivity contribution in [2.24, 2.45) is 0 Å². The Morgan fingerprint density at radius 1 is 1.31 bits per heavy atom. The van der Waals surface area contributed by atoms with Crippen LogP contribution in [0, 0.1) is 25.2 Å². The maximum absolute atomic E-state index is 12.4. The molecule has 0 saturated carbocycles. The highest BCUT2D eigenvalue weighted by Crippen LogP contribution is 2.25. The van der Waals surface area contributed by atoms with Gasteiger partial charge in [0.2, 0.25) is 5.91 Å². The molecule has 0 saturated heterocycles. The number of nitrogens with zero attached hydrogens (tertiary/aromatic N) is 4. The summed E-state index contributed by atoms with van der Waals surface area (Å²) in [6.45, 7) is 5.66. The molecule has 0 fully saturated rings. The van der Waals surface area contributed by atoms with Gasteiger partial charge in [0.25, 0.3) is 0 Å². The number of benzene rings is 1. The lowest BCUT2D eigenvalue weighted by molar-refractivity contribution is -0.121. The van der Waals surface area contributed by atoms with Crippen molar-refractivity contribution in [3.8, 4) is 17.6 Å². The van der Waals surface area contributed by atoms with E-state index in [4.69, 9.17) is 5.26 Å². The quantitative estimate of drug-likeness (QED) is 0.552. The van der Waals surface area contributed by atoms with Gasteiger partial charge in [0.05, 0.1) is 6.20 Å². The van der Waals surface area contributed by atoms with Crippen LogP contribution in [0.3, 0.4) is 0 Å². The number of fused-ring (bicyclic) bond motifs is 1. The normalized spacial score (nSPS) is 11.9. The van der Waals surface area contributed by atoms with E-state index in [2.05, 4.69) is 21.5 Å². The van der Waals surface area contributed by atoms with Crippen LogP contribution < -0.4 is 5.32 Å². The third-order valence-corrected chi connectivity index (χ3v) is 4.92. The largest absolute Gasteiger partial charge is 0.504 e. The maximum atomic E-state index is 12.4. The summed E-state index contributed by atoms with van der Waals surface area (Å²) in [6, 6.07) is 6.59. The lowest BCUT2D eigenvalue weighted by atomic mass is 10.0. The number of nitriles is 1. The first-order valence-electron chi connectivity index (χ1n) is 9.34. The molecule has 2 aromatic heterocycles. The van der Waals surface area contributed by atoms with Crippen LogP contribution in [0.5, 0.6) is 11.5 Å². The van der Waals surface area contributed by atoms with E-state index in [1.165, 1.54) is 18.3 Å². The Labute approximate surface area is 168 Å². The summed E-state index contributed by atoms with van der Waals surface area (Å²) < 4.78 is 1.64. The van der Waals surface area contributed by atoms with E-state index in [1.807, 2.05) is 20.8 Å². The molecular formula is C21H23N5O3. The monoisotopic (exact) mass is 393 g/mol. The highest BCUT2D eigenvalue weighted by molar-refractivity contribution is 5.76. The van der Waals surface area contributed by atoms with Crippen molar-refractivity contribution in [2.75, 3.05) is 0 Å². The fraction of sp³-hybridized carbons (Fsp3) is 0.333. The van der Waals surface area contributed by atoms with Crippen LogP contribution in [0.25, 0.3) is 5.65 Å². The molecular weight excluding hydrogens is 370 g/mol. The van der Waals surface area contributed by atoms with Gasteiger partial charge < -0.3 is 15.5 Å². The molecule has 8 heteroatoms. The molecule has 1 atom stereocenters. The minimum absolute atomic E-state index is 0.0856. The molecule has 3 N–H and O–H groups in total. The smallest absolute Gasteiger partial charge is 0.220 e. The van der Waals surface area contributed by atoms with E-state index in [0.29, 0.717) is 30.5 Å². The van der Waals surface area contributed by atoms with Crippen molar-refractivity contribution in [2.45, 2.75) is 46.1 Å². The zero-order valence-corrected chi connectivity index (χ0v) is 16.6. The summed E-state index contributed by atoms with van der Waals surface area (Å²) in [6.07, 6.45) is 2.84. The SMILES string of the molecule is Cc1nc2c(C#N)cnn2c(C)c1CCC(=O)N[C@@H](C)Cc1ccc(O)c(O)c1. The summed E-state index contributed by atoms with van der Waals surface area (Å²) in [5, 5.41) is 35.3. The number of rotatable bonds is 6. The third kappa shape index (κ3) is 4.29. The molecule has 3 aromatic rings. The van der Waals surface area contributed by atoms with E-state index in [-0.39, 0.29) is 23.4 Å². The van der Waals surface area contributed by atoms with Crippen molar-refractivity contribution in [1.82, 2.24) is 19.9 Å². The number of aryl methyl sites for hydroxylation is 2. The predicted molar refractivity (Wildman–Crippen MR) is 107 cm³/mol. The van der Waals surface area contributed by atoms with Crippen molar-refractivity contribution in [3.05, 3.63) is 52.5 Å². The van der Waals surface area contributed by atoms with E-state index in [0.717, 1.165) is 22.5 Å². The summed E-state index contributed by atoms with van der Waals surface area (Å²) >= 11 is 0. The topological polar surface area (TPSA) is 124 Å². The molecule has 0 spiro atoms. The van der Waals surface area contributed by atoms with Gasteiger partial charge in [-0.1, -0.05) is 6.07 Å². The molecule has 0 unspecified atom stereocenters. The molecule has 150 valence electrons. The van der Waals surface area contributed by atoms with Crippen molar-refractivity contribution in [3.63, 3.8) is 0 Å². The van der Waals surface area contributed by atoms with E-state index < -0.39 is 0 Å². The van der Waals surface area contributed by atoms with Crippen molar-refractivity contribution < 1.29 is 15.0 Å². The van der Waals surface area contributed by atoms with Gasteiger partial charge in [-0.3, -0.25) is 4.79 Å². The number of aromatic hydroxyl groups is 2. The Balaban J connectivity index is 1.63. The Bertz CT molecular complexity index is 1110. The maximum Gasteiger partial charge on any atom is 0.220 e. The number of carbonyl (C=O) groups is 1. The molecule has 3 rings (SSSR count). The lowest BCUT2D eigenvalue weighted by Crippen LogP contribution is -2.34. The van der Waals surface area contributed by atoms with E-state index >= 15 is 0 Å². The number of aromatic nitrogens is 3. The Hall–Kier alpha value is -3.60. The van der Waals surface area contributed by atoms with Crippen LogP contribution in [-0.2, 0) is 17.6 Å². The predicted octanol–water partition coefficient (Wildman–Crippen LogP) is 2.31. The highest BCUT2D eigenvalue weighted by atomic mass is 16.3. The van der Waals surface area contributed by atoms with Crippen LogP contribution in [0.1, 0.15) is 41.4 Å². The van der Waals surface area contributed by atoms with Gasteiger partial charge in [0.1, 0.15) is 11.6 Å². The van der Waals surface area contributed by atoms with Crippen LogP contribution in [0.15, 0.2) is 24.4 Å². The number of nitrogens with one attached hydrogen (secondary N) is 1. The van der Waals surface area contributed by atoms with Crippen LogP contribution in [-0.4, -0.2) is 36.8 Å². The first kappa shape index (κ1) is 20.1. The van der Waals surface area contributed by atoms with Crippen LogP contribution in [0.4, 0.5) is 0 Å². The zero-order valence-electron chi connectivity index (χ0n) is 16.6. The van der Waals surface area contributed by atoms with Gasteiger partial charge in [-0.15, -0.1) is 0 Å². The Kier molecular flexibility index (Phi) is 5.69. The van der Waals surface area contributed by atoms with E-state index in [1.54, 1.807) is 10.6 Å². The second kappa shape index (κ2) is 8.19. The molecule has 0 aliphatic carbocycles. The van der Waals surface area contributed by atoms with Gasteiger partial charge in [-0.05, 0) is 56.9 Å². The summed E-state index contributed by atoms with van der Waals surface area (Å²) in [4.78, 5) is 16.9. The fourth-order valence-electron chi connectivity index (χ4n) is 3.44. The molecule has 0 aliphatic heterocycles. The summed E-state index contributed by atoms with van der Waals surface area (Å²) in [5.74, 6) is -0.425. The molecule has 29 heavy (non-hydrogen) atoms. The molecule has 8 nitrogen and oxygen atoms in total. The zero-order chi connectivity index (χ0) is 21.1. The summed E-state index contributed by atoms with van der Waals surface area (Å²) in [7, 11) is 0. The van der Waals surface area contributed by atoms with Crippen LogP contribution in [0.2, 0.25) is 0 Å². The van der Waals surface area contributed by atoms with Gasteiger partial charge in [-0.25, -0.2) is 9.50 Å². The first-order chi connectivity index (χ1) is 13.8. The fourth-order valence-corrected chi connectivity index (χ4v) is 3.44. The third-order valence-electron chi connectivity index (χ3n) is 4.92. The van der Waals surface area contributed by atoms with Gasteiger partial charge in [0.15, 0.2) is 17.1 Å². The van der Waals surface area contributed by atoms with Crippen LogP contribution >= 0.6 is 0 Å². The van der Waals surface area contributed by atoms with Gasteiger partial charge >= 0.3 is 0 Å². The second-order valence-electron chi connectivity index (χ2n) is 7.16. The molecule has 0 radical (unpaired) electrons. The minimum atomic E-state index is -0.173. The second-order valence-corrected chi connectivity index (χ2v) is 7.16. The first-order valence-corrected chi connectivity index (χ1v) is 9.34. The minimum Gasteiger partial charge on any atom is -0.504 e.